The van der Waals surface area contributed by atoms with Crippen LogP contribution in [0.25, 0.3) is 22.0 Å². The van der Waals surface area contributed by atoms with E-state index in [1.165, 1.54) is 0 Å². The van der Waals surface area contributed by atoms with Gasteiger partial charge in [-0.25, -0.2) is 0 Å². The Morgan fingerprint density at radius 2 is 1.79 bits per heavy atom. The average Bonchev–Trinajstić information content (AvgIpc) is 3.27. The Morgan fingerprint density at radius 3 is 2.62 bits per heavy atom. The summed E-state index contributed by atoms with van der Waals surface area (Å²) < 4.78 is 7.81. The minimum absolute atomic E-state index is 0.0211. The molecule has 1 aromatic heterocycles. The number of hydrogen-bond donors (Lipinski definition) is 1. The molecule has 1 amide bonds. The standard InChI is InChI=1S/C28H24N2O4/c1-17(31)21-7-3-4-8-22(21)18-11-12-26-19(13-18)14-20(34-26)15-29-28(33)24-16-30(2)25-10-6-5-9-23(25)27(24)32/h3-13,16,20H,14-15H2,1-2H3,(H,29,33). The zero-order valence-electron chi connectivity index (χ0n) is 19.0. The summed E-state index contributed by atoms with van der Waals surface area (Å²) in [6.07, 6.45) is 1.96. The fraction of sp³-hybridized carbons (Fsp3) is 0.179. The van der Waals surface area contributed by atoms with E-state index >= 15 is 0 Å². The Balaban J connectivity index is 1.31. The third-order valence-electron chi connectivity index (χ3n) is 6.25. The summed E-state index contributed by atoms with van der Waals surface area (Å²) in [4.78, 5) is 37.7. The number of nitrogens with zero attached hydrogens (tertiary/aromatic N) is 1. The maximum absolute atomic E-state index is 12.8. The normalized spacial score (nSPS) is 14.5. The summed E-state index contributed by atoms with van der Waals surface area (Å²) in [6.45, 7) is 1.85. The van der Waals surface area contributed by atoms with E-state index in [2.05, 4.69) is 5.32 Å². The number of benzene rings is 3. The van der Waals surface area contributed by atoms with E-state index in [0.717, 1.165) is 28.0 Å². The number of ketones is 1. The summed E-state index contributed by atoms with van der Waals surface area (Å²) in [5, 5.41) is 3.37. The first-order chi connectivity index (χ1) is 16.4. The van der Waals surface area contributed by atoms with Crippen LogP contribution in [-0.2, 0) is 13.5 Å². The van der Waals surface area contributed by atoms with Crippen LogP contribution < -0.4 is 15.5 Å². The molecular formula is C28H24N2O4. The van der Waals surface area contributed by atoms with E-state index in [-0.39, 0.29) is 29.4 Å². The van der Waals surface area contributed by atoms with Crippen molar-refractivity contribution in [1.82, 2.24) is 9.88 Å². The number of para-hydroxylation sites is 1. The first kappa shape index (κ1) is 21.6. The smallest absolute Gasteiger partial charge is 0.256 e. The Morgan fingerprint density at radius 1 is 1.03 bits per heavy atom. The van der Waals surface area contributed by atoms with Gasteiger partial charge in [0.1, 0.15) is 17.4 Å². The average molecular weight is 453 g/mol. The van der Waals surface area contributed by atoms with E-state index in [4.69, 9.17) is 4.74 Å². The Bertz CT molecular complexity index is 1500. The second-order valence-corrected chi connectivity index (χ2v) is 8.58. The zero-order chi connectivity index (χ0) is 23.8. The van der Waals surface area contributed by atoms with Gasteiger partial charge in [0.25, 0.3) is 5.91 Å². The number of carbonyl (C=O) groups is 2. The highest BCUT2D eigenvalue weighted by Gasteiger charge is 2.25. The van der Waals surface area contributed by atoms with E-state index < -0.39 is 5.91 Å². The number of hydrogen-bond acceptors (Lipinski definition) is 4. The highest BCUT2D eigenvalue weighted by atomic mass is 16.5. The molecule has 0 bridgehead atoms. The zero-order valence-corrected chi connectivity index (χ0v) is 19.0. The number of nitrogens with one attached hydrogen (secondary N) is 1. The molecule has 0 saturated carbocycles. The molecule has 1 aliphatic rings. The van der Waals surface area contributed by atoms with Crippen molar-refractivity contribution in [1.29, 1.82) is 0 Å². The van der Waals surface area contributed by atoms with Crippen molar-refractivity contribution in [2.75, 3.05) is 6.54 Å². The quantitative estimate of drug-likeness (QED) is 0.462. The molecule has 0 saturated heterocycles. The van der Waals surface area contributed by atoms with Gasteiger partial charge < -0.3 is 14.6 Å². The molecule has 1 atom stereocenters. The number of carbonyl (C=O) groups excluding carboxylic acids is 2. The van der Waals surface area contributed by atoms with Gasteiger partial charge in [-0.05, 0) is 47.9 Å². The minimum Gasteiger partial charge on any atom is -0.488 e. The summed E-state index contributed by atoms with van der Waals surface area (Å²) in [5.41, 5.74) is 4.16. The molecule has 6 heteroatoms. The second kappa shape index (κ2) is 8.63. The van der Waals surface area contributed by atoms with Crippen LogP contribution in [0.3, 0.4) is 0 Å². The molecule has 2 heterocycles. The predicted octanol–water partition coefficient (Wildman–Crippen LogP) is 4.14. The minimum atomic E-state index is -0.415. The number of rotatable bonds is 5. The van der Waals surface area contributed by atoms with Crippen LogP contribution in [-0.4, -0.2) is 28.9 Å². The molecule has 0 fully saturated rings. The van der Waals surface area contributed by atoms with E-state index in [0.29, 0.717) is 17.4 Å². The van der Waals surface area contributed by atoms with Crippen LogP contribution in [0.4, 0.5) is 0 Å². The predicted molar refractivity (Wildman–Crippen MR) is 132 cm³/mol. The molecule has 4 aromatic rings. The van der Waals surface area contributed by atoms with Crippen molar-refractivity contribution in [3.8, 4) is 16.9 Å². The lowest BCUT2D eigenvalue weighted by Crippen LogP contribution is -2.36. The lowest BCUT2D eigenvalue weighted by atomic mass is 9.95. The molecule has 34 heavy (non-hydrogen) atoms. The maximum atomic E-state index is 12.8. The summed E-state index contributed by atoms with van der Waals surface area (Å²) in [6, 6.07) is 20.7. The molecule has 1 N–H and O–H groups in total. The van der Waals surface area contributed by atoms with E-state index in [1.54, 1.807) is 29.8 Å². The lowest BCUT2D eigenvalue weighted by Gasteiger charge is -2.13. The van der Waals surface area contributed by atoms with Gasteiger partial charge in [-0.3, -0.25) is 14.4 Å². The van der Waals surface area contributed by atoms with Gasteiger partial charge in [-0.15, -0.1) is 0 Å². The van der Waals surface area contributed by atoms with Crippen molar-refractivity contribution < 1.29 is 14.3 Å². The monoisotopic (exact) mass is 452 g/mol. The van der Waals surface area contributed by atoms with Gasteiger partial charge >= 0.3 is 0 Å². The number of amides is 1. The highest BCUT2D eigenvalue weighted by molar-refractivity contribution is 6.01. The Labute approximate surface area is 196 Å². The summed E-state index contributed by atoms with van der Waals surface area (Å²) in [7, 11) is 1.82. The van der Waals surface area contributed by atoms with Crippen molar-refractivity contribution in [2.45, 2.75) is 19.4 Å². The Kier molecular flexibility index (Phi) is 5.49. The summed E-state index contributed by atoms with van der Waals surface area (Å²) >= 11 is 0. The van der Waals surface area contributed by atoms with Crippen LogP contribution in [0.5, 0.6) is 5.75 Å². The first-order valence-electron chi connectivity index (χ1n) is 11.2. The number of fused-ring (bicyclic) bond motifs is 2. The van der Waals surface area contributed by atoms with Gasteiger partial charge in [0.2, 0.25) is 5.43 Å². The number of ether oxygens (including phenoxy) is 1. The number of aromatic nitrogens is 1. The summed E-state index contributed by atoms with van der Waals surface area (Å²) in [5.74, 6) is 0.375. The van der Waals surface area contributed by atoms with Gasteiger partial charge in [0, 0.05) is 30.6 Å². The fourth-order valence-electron chi connectivity index (χ4n) is 4.55. The molecule has 5 rings (SSSR count). The third-order valence-corrected chi connectivity index (χ3v) is 6.25. The topological polar surface area (TPSA) is 77.4 Å². The fourth-order valence-corrected chi connectivity index (χ4v) is 4.55. The SMILES string of the molecule is CC(=O)c1ccccc1-c1ccc2c(c1)CC(CNC(=O)c1cn(C)c3ccccc3c1=O)O2. The van der Waals surface area contributed by atoms with Crippen LogP contribution in [0.2, 0.25) is 0 Å². The van der Waals surface area contributed by atoms with Crippen LogP contribution >= 0.6 is 0 Å². The van der Waals surface area contributed by atoms with Gasteiger partial charge in [-0.2, -0.15) is 0 Å². The van der Waals surface area contributed by atoms with Crippen molar-refractivity contribution in [2.24, 2.45) is 7.05 Å². The van der Waals surface area contributed by atoms with Crippen LogP contribution in [0.1, 0.15) is 33.2 Å². The maximum Gasteiger partial charge on any atom is 0.256 e. The molecule has 0 spiro atoms. The second-order valence-electron chi connectivity index (χ2n) is 8.58. The Hall–Kier alpha value is -4.19. The third kappa shape index (κ3) is 3.88. The molecule has 0 aliphatic carbocycles. The largest absolute Gasteiger partial charge is 0.488 e. The van der Waals surface area contributed by atoms with Crippen molar-refractivity contribution in [3.05, 3.63) is 99.8 Å². The van der Waals surface area contributed by atoms with Crippen LogP contribution in [0, 0.1) is 0 Å². The van der Waals surface area contributed by atoms with Crippen LogP contribution in [0.15, 0.2) is 77.7 Å². The number of Topliss-reactive ketones (excluding diaryl/α,β-unsaturated/α-hetero) is 1. The van der Waals surface area contributed by atoms with Crippen molar-refractivity contribution >= 4 is 22.6 Å². The molecule has 170 valence electrons. The molecule has 1 unspecified atom stereocenters. The molecule has 6 nitrogen and oxygen atoms in total. The highest BCUT2D eigenvalue weighted by Crippen LogP contribution is 2.34. The van der Waals surface area contributed by atoms with E-state index in [1.807, 2.05) is 61.6 Å². The van der Waals surface area contributed by atoms with Gasteiger partial charge in [-0.1, -0.05) is 42.5 Å². The number of pyridine rings is 1. The number of aryl methyl sites for hydroxylation is 1. The van der Waals surface area contributed by atoms with Gasteiger partial charge in [0.05, 0.1) is 12.1 Å². The van der Waals surface area contributed by atoms with Crippen molar-refractivity contribution in [3.63, 3.8) is 0 Å². The van der Waals surface area contributed by atoms with E-state index in [9.17, 15) is 14.4 Å². The molecular weight excluding hydrogens is 428 g/mol. The molecule has 1 aliphatic heterocycles. The first-order valence-corrected chi connectivity index (χ1v) is 11.2. The molecule has 3 aromatic carbocycles. The lowest BCUT2D eigenvalue weighted by molar-refractivity contribution is 0.0931. The molecule has 0 radical (unpaired) electrons. The van der Waals surface area contributed by atoms with Gasteiger partial charge in [0.15, 0.2) is 5.78 Å².